The number of esters is 9. The Kier molecular flexibility index (Phi) is 23.3. The van der Waals surface area contributed by atoms with E-state index in [2.05, 4.69) is 55.0 Å². The number of carbonyl (C=O) groups excluding carboxylic acids is 10. The van der Waals surface area contributed by atoms with Crippen molar-refractivity contribution in [3.63, 3.8) is 0 Å². The molecule has 0 aromatic rings. The molecule has 24 nitrogen and oxygen atoms in total. The Morgan fingerprint density at radius 2 is 1.27 bits per heavy atom. The topological polar surface area (TPSA) is 333 Å². The highest BCUT2D eigenvalue weighted by Gasteiger charge is 2.72. The molecule has 24 heteroatoms. The van der Waals surface area contributed by atoms with E-state index >= 15 is 0 Å². The molecule has 78 heavy (non-hydrogen) atoms. The van der Waals surface area contributed by atoms with Gasteiger partial charge in [0.05, 0.1) is 12.5 Å². The van der Waals surface area contributed by atoms with Crippen molar-refractivity contribution < 1.29 is 110 Å². The number of hydrogen-bond donors (Lipinski definition) is 1. The smallest absolute Gasteiger partial charge is 0.478 e. The van der Waals surface area contributed by atoms with Crippen LogP contribution in [0.2, 0.25) is 0 Å². The summed E-state index contributed by atoms with van der Waals surface area (Å²) in [4.78, 5) is 121. The molecule has 0 amide bonds. The van der Waals surface area contributed by atoms with Crippen LogP contribution in [0.1, 0.15) is 99.8 Å². The van der Waals surface area contributed by atoms with Crippen molar-refractivity contribution in [1.29, 1.82) is 5.26 Å². The minimum Gasteiger partial charge on any atom is -0.478 e. The lowest BCUT2D eigenvalue weighted by molar-refractivity contribution is -0.163. The number of ether oxygens (including phenoxy) is 11. The molecule has 0 aromatic carbocycles. The van der Waals surface area contributed by atoms with Crippen molar-refractivity contribution in [2.75, 3.05) is 26.4 Å². The van der Waals surface area contributed by atoms with E-state index in [0.29, 0.717) is 47.1 Å². The van der Waals surface area contributed by atoms with E-state index in [1.54, 1.807) is 41.5 Å². The van der Waals surface area contributed by atoms with Gasteiger partial charge < -0.3 is 57.2 Å². The molecule has 5 aliphatic heterocycles. The van der Waals surface area contributed by atoms with Gasteiger partial charge in [-0.2, -0.15) is 5.26 Å². The Morgan fingerprint density at radius 3 is 1.76 bits per heavy atom. The van der Waals surface area contributed by atoms with Gasteiger partial charge in [0.2, 0.25) is 6.10 Å². The second-order valence-electron chi connectivity index (χ2n) is 19.8. The molecule has 0 radical (unpaired) electrons. The van der Waals surface area contributed by atoms with Crippen molar-refractivity contribution >= 4 is 65.8 Å². The van der Waals surface area contributed by atoms with Crippen LogP contribution in [0, 0.1) is 34.5 Å². The normalized spacial score (nSPS) is 28.5. The van der Waals surface area contributed by atoms with Crippen LogP contribution in [0.3, 0.4) is 0 Å². The van der Waals surface area contributed by atoms with Gasteiger partial charge in [-0.3, -0.25) is 14.4 Å². The molecule has 2 bridgehead atoms. The minimum atomic E-state index is -0.985. The lowest BCUT2D eigenvalue weighted by Gasteiger charge is -2.27. The summed E-state index contributed by atoms with van der Waals surface area (Å²) in [5.41, 5.74) is 0.00444. The lowest BCUT2D eigenvalue weighted by Crippen LogP contribution is -2.39. The summed E-state index contributed by atoms with van der Waals surface area (Å²) < 4.78 is 54.1. The molecule has 1 N–H and O–H groups in total. The molecule has 0 aromatic heterocycles. The first-order chi connectivity index (χ1) is 36.3. The second kappa shape index (κ2) is 28.3. The zero-order valence-electron chi connectivity index (χ0n) is 44.8. The number of nitrogens with zero attached hydrogens (tertiary/aromatic N) is 1. The third kappa shape index (κ3) is 18.0. The van der Waals surface area contributed by atoms with Crippen molar-refractivity contribution in [2.45, 2.75) is 142 Å². The third-order valence-electron chi connectivity index (χ3n) is 12.6. The number of rotatable bonds is 12. The molecule has 3 aliphatic carbocycles. The van der Waals surface area contributed by atoms with Crippen LogP contribution in [0.15, 0.2) is 72.9 Å². The maximum atomic E-state index is 11.8. The zero-order valence-corrected chi connectivity index (χ0v) is 44.8. The molecule has 0 spiro atoms. The first-order valence-corrected chi connectivity index (χ1v) is 24.5. The monoisotopic (exact) mass is 1100 g/mol. The summed E-state index contributed by atoms with van der Waals surface area (Å²) in [6.07, 6.45) is 1.82. The van der Waals surface area contributed by atoms with E-state index in [4.69, 9.17) is 47.7 Å². The van der Waals surface area contributed by atoms with Crippen molar-refractivity contribution in [2.24, 2.45) is 23.2 Å². The summed E-state index contributed by atoms with van der Waals surface area (Å²) in [5, 5.41) is 17.1. The van der Waals surface area contributed by atoms with E-state index in [-0.39, 0.29) is 80.3 Å². The summed E-state index contributed by atoms with van der Waals surface area (Å²) in [6.45, 7) is 31.8. The van der Waals surface area contributed by atoms with Gasteiger partial charge in [-0.1, -0.05) is 39.5 Å². The number of nitriles is 1. The number of cyclic esters (lactones) is 4. The van der Waals surface area contributed by atoms with Gasteiger partial charge >= 0.3 is 65.8 Å². The van der Waals surface area contributed by atoms with Crippen molar-refractivity contribution in [3.05, 3.63) is 72.9 Å². The number of carbonyl (C=O) groups is 11. The molecule has 8 fully saturated rings. The minimum absolute atomic E-state index is 0.0113. The summed E-state index contributed by atoms with van der Waals surface area (Å²) in [6, 6.07) is 2.11. The summed E-state index contributed by atoms with van der Waals surface area (Å²) >= 11 is 0. The largest absolute Gasteiger partial charge is 0.508 e. The van der Waals surface area contributed by atoms with E-state index in [9.17, 15) is 58.0 Å². The molecule has 8 rings (SSSR count). The van der Waals surface area contributed by atoms with E-state index in [0.717, 1.165) is 25.7 Å². The van der Waals surface area contributed by atoms with Crippen LogP contribution >= 0.6 is 0 Å². The fourth-order valence-corrected chi connectivity index (χ4v) is 8.42. The highest BCUT2D eigenvalue weighted by atomic mass is 16.8. The average molecular weight is 1100 g/mol. The highest BCUT2D eigenvalue weighted by molar-refractivity contribution is 5.91. The summed E-state index contributed by atoms with van der Waals surface area (Å²) in [7, 11) is 0. The Labute approximate surface area is 450 Å². The Morgan fingerprint density at radius 1 is 0.692 bits per heavy atom. The SMILES string of the molecule is C=C(C)C(=O)O.C=C(C)C(=O)OC1(C)COC(=O)C1.C=C(C)C(=O)OC1C(=O)OC2CCCC21.C=C(C)C(=O)OC1C2CC3C1OC(=O)C3(C#N)C2.C=C(C)C(=O)OC1CCC(=O)OC1.C=C(C)C(=O)OCC1COC(=O)O1. The van der Waals surface area contributed by atoms with Gasteiger partial charge in [0.1, 0.15) is 50.8 Å². The maximum absolute atomic E-state index is 11.8. The van der Waals surface area contributed by atoms with Crippen LogP contribution < -0.4 is 0 Å². The van der Waals surface area contributed by atoms with E-state index < -0.39 is 89.3 Å². The van der Waals surface area contributed by atoms with Crippen LogP contribution in [-0.4, -0.2) is 140 Å². The highest BCUT2D eigenvalue weighted by Crippen LogP contribution is 2.62. The molecule has 3 saturated carbocycles. The van der Waals surface area contributed by atoms with Crippen LogP contribution in [0.5, 0.6) is 0 Å². The van der Waals surface area contributed by atoms with Crippen LogP contribution in [0.4, 0.5) is 4.79 Å². The average Bonchev–Trinajstić information content (AvgIpc) is 4.30. The van der Waals surface area contributed by atoms with Gasteiger partial charge in [0, 0.05) is 57.6 Å². The fraction of sp³-hybridized carbons (Fsp3) is 0.556. The van der Waals surface area contributed by atoms with Gasteiger partial charge in [-0.15, -0.1) is 0 Å². The van der Waals surface area contributed by atoms with Crippen LogP contribution in [0.25, 0.3) is 0 Å². The van der Waals surface area contributed by atoms with Gasteiger partial charge in [0.15, 0.2) is 17.1 Å². The Balaban J connectivity index is 0.000000251. The van der Waals surface area contributed by atoms with Gasteiger partial charge in [-0.25, -0.2) is 38.4 Å². The molecule has 5 saturated heterocycles. The maximum Gasteiger partial charge on any atom is 0.508 e. The molecule has 8 aliphatic rings. The quantitative estimate of drug-likeness (QED) is 0.152. The van der Waals surface area contributed by atoms with E-state index in [1.807, 2.05) is 0 Å². The van der Waals surface area contributed by atoms with E-state index in [1.165, 1.54) is 6.92 Å². The Bertz CT molecular complexity index is 2490. The number of carboxylic acids is 1. The standard InChI is InChI=1S/C13H13NO4.C11H14O4.2C9H12O4.C8H10O5.C4H6O2/c1-6(2)11(15)17-9-7-3-8-10(9)18-12(16)13(8,4-7)5-14;1-6(2)10(12)15-9-7-4-3-5-8(7)14-11(9)13;1-6(2)8(11)13-9(3)4-7(10)12-5-9;1-6(2)9(11)13-7-3-4-8(10)12-5-7;1-5(2)7(9)11-3-6-4-12-8(10)13-6;1-3(2)4(5)6/h7-10H,1,3-4H2,2H3;7-9H,1,3-5H2,2H3;1,4-5H2,2-3H3;7H,1,3-5H2,2H3;6H,1,3-4H2,2H3;1H2,2H3,(H,5,6). The molecule has 426 valence electrons. The Hall–Kier alpha value is -8.10. The van der Waals surface area contributed by atoms with Crippen molar-refractivity contribution in [1.82, 2.24) is 0 Å². The molecular weight excluding hydrogens is 1030 g/mol. The molecule has 11 unspecified atom stereocenters. The van der Waals surface area contributed by atoms with Gasteiger partial charge in [-0.05, 0) is 87.0 Å². The third-order valence-corrected chi connectivity index (χ3v) is 12.6. The fourth-order valence-electron chi connectivity index (χ4n) is 8.42. The predicted octanol–water partition coefficient (Wildman–Crippen LogP) is 5.06. The predicted molar refractivity (Wildman–Crippen MR) is 265 cm³/mol. The number of aliphatic carboxylic acids is 1. The first-order valence-electron chi connectivity index (χ1n) is 24.5. The van der Waals surface area contributed by atoms with Gasteiger partial charge in [0.25, 0.3) is 0 Å². The zero-order chi connectivity index (χ0) is 59.0. The summed E-state index contributed by atoms with van der Waals surface area (Å²) in [5.74, 6) is -4.75. The number of fused-ring (bicyclic) bond motifs is 2. The number of carboxylic acid groups (broad SMARTS) is 1. The first kappa shape index (κ1) is 64.2. The second-order valence-corrected chi connectivity index (χ2v) is 19.8. The number of hydrogen-bond acceptors (Lipinski definition) is 23. The molecular formula is C54H67NO23. The molecule has 11 atom stereocenters. The lowest BCUT2D eigenvalue weighted by atomic mass is 9.74. The van der Waals surface area contributed by atoms with Crippen molar-refractivity contribution in [3.8, 4) is 6.07 Å². The van der Waals surface area contributed by atoms with Crippen LogP contribution in [-0.2, 0) is 100 Å². The molecule has 5 heterocycles.